The third-order valence-electron chi connectivity index (χ3n) is 3.71. The van der Waals surface area contributed by atoms with Gasteiger partial charge in [-0.1, -0.05) is 18.2 Å². The van der Waals surface area contributed by atoms with E-state index in [0.29, 0.717) is 0 Å². The van der Waals surface area contributed by atoms with Crippen molar-refractivity contribution in [3.8, 4) is 5.75 Å². The molecule has 2 amide bonds. The molecular formula is C17H17N3O4. The monoisotopic (exact) mass is 327 g/mol. The zero-order valence-electron chi connectivity index (χ0n) is 12.9. The fraction of sp³-hybridized carbons (Fsp3) is 0.235. The first-order valence-electron chi connectivity index (χ1n) is 7.52. The molecule has 24 heavy (non-hydrogen) atoms. The molecule has 0 aliphatic carbocycles. The highest BCUT2D eigenvalue weighted by molar-refractivity contribution is 5.87. The number of benzene rings is 1. The molecule has 3 rings (SSSR count). The molecule has 7 nitrogen and oxygen atoms in total. The largest absolute Gasteiger partial charge is 0.508 e. The number of aromatic hydroxyl groups is 1. The van der Waals surface area contributed by atoms with E-state index >= 15 is 0 Å². The third-order valence-corrected chi connectivity index (χ3v) is 3.71. The number of nitrogens with zero attached hydrogens (tertiary/aromatic N) is 2. The van der Waals surface area contributed by atoms with E-state index in [2.05, 4.69) is 10.3 Å². The van der Waals surface area contributed by atoms with E-state index in [0.717, 1.165) is 11.3 Å². The summed E-state index contributed by atoms with van der Waals surface area (Å²) >= 11 is 0. The van der Waals surface area contributed by atoms with Crippen LogP contribution in [0.25, 0.3) is 0 Å². The van der Waals surface area contributed by atoms with E-state index in [1.54, 1.807) is 42.6 Å². The highest BCUT2D eigenvalue weighted by Crippen LogP contribution is 2.19. The summed E-state index contributed by atoms with van der Waals surface area (Å²) in [6, 6.07) is 11.3. The summed E-state index contributed by atoms with van der Waals surface area (Å²) in [5.74, 6) is -0.192. The topological polar surface area (TPSA) is 91.8 Å². The van der Waals surface area contributed by atoms with Crippen molar-refractivity contribution in [2.24, 2.45) is 0 Å². The molecule has 0 unspecified atom stereocenters. The Kier molecular flexibility index (Phi) is 4.60. The lowest BCUT2D eigenvalue weighted by Crippen LogP contribution is -2.45. The third kappa shape index (κ3) is 3.62. The first kappa shape index (κ1) is 15.8. The van der Waals surface area contributed by atoms with Gasteiger partial charge in [0.1, 0.15) is 18.4 Å². The summed E-state index contributed by atoms with van der Waals surface area (Å²) in [7, 11) is 0. The summed E-state index contributed by atoms with van der Waals surface area (Å²) < 4.78 is 5.00. The molecular weight excluding hydrogens is 310 g/mol. The summed E-state index contributed by atoms with van der Waals surface area (Å²) in [4.78, 5) is 29.8. The molecule has 1 saturated heterocycles. The van der Waals surface area contributed by atoms with Gasteiger partial charge in [0.15, 0.2) is 0 Å². The van der Waals surface area contributed by atoms with Crippen molar-refractivity contribution < 1.29 is 19.4 Å². The smallest absolute Gasteiger partial charge is 0.410 e. The number of rotatable bonds is 5. The molecule has 1 aromatic heterocycles. The number of hydrogen-bond acceptors (Lipinski definition) is 5. The summed E-state index contributed by atoms with van der Waals surface area (Å²) in [6.07, 6.45) is 1.11. The Hall–Kier alpha value is -3.09. The Morgan fingerprint density at radius 2 is 2.21 bits per heavy atom. The van der Waals surface area contributed by atoms with Crippen LogP contribution in [-0.4, -0.2) is 39.6 Å². The molecule has 7 heteroatoms. The van der Waals surface area contributed by atoms with Crippen LogP contribution in [-0.2, 0) is 22.6 Å². The van der Waals surface area contributed by atoms with E-state index in [4.69, 9.17) is 4.74 Å². The normalized spacial score (nSPS) is 16.8. The second kappa shape index (κ2) is 6.99. The zero-order chi connectivity index (χ0) is 16.9. The predicted octanol–water partition coefficient (Wildman–Crippen LogP) is 1.42. The standard InChI is InChI=1S/C17H17N3O4/c21-14-6-3-4-12(8-14)10-20-15(11-24-17(20)23)16(22)19-9-13-5-1-2-7-18-13/h1-8,15,21H,9-11H2,(H,19,22)/t15-/m0/s1. The number of nitrogens with one attached hydrogen (secondary N) is 1. The predicted molar refractivity (Wildman–Crippen MR) is 84.9 cm³/mol. The molecule has 0 spiro atoms. The molecule has 1 aliphatic heterocycles. The Morgan fingerprint density at radius 3 is 2.96 bits per heavy atom. The summed E-state index contributed by atoms with van der Waals surface area (Å²) in [5, 5.41) is 12.3. The van der Waals surface area contributed by atoms with E-state index in [1.807, 2.05) is 6.07 Å². The van der Waals surface area contributed by atoms with Crippen molar-refractivity contribution in [2.45, 2.75) is 19.1 Å². The van der Waals surface area contributed by atoms with Crippen LogP contribution in [0, 0.1) is 0 Å². The molecule has 2 heterocycles. The molecule has 124 valence electrons. The van der Waals surface area contributed by atoms with Crippen molar-refractivity contribution in [3.63, 3.8) is 0 Å². The maximum atomic E-state index is 12.4. The first-order chi connectivity index (χ1) is 11.6. The van der Waals surface area contributed by atoms with Gasteiger partial charge in [-0.15, -0.1) is 0 Å². The van der Waals surface area contributed by atoms with E-state index in [1.165, 1.54) is 4.90 Å². The maximum absolute atomic E-state index is 12.4. The van der Waals surface area contributed by atoms with Crippen LogP contribution >= 0.6 is 0 Å². The minimum Gasteiger partial charge on any atom is -0.508 e. The average molecular weight is 327 g/mol. The van der Waals surface area contributed by atoms with Crippen molar-refractivity contribution >= 4 is 12.0 Å². The highest BCUT2D eigenvalue weighted by atomic mass is 16.6. The lowest BCUT2D eigenvalue weighted by molar-refractivity contribution is -0.125. The number of cyclic esters (lactones) is 1. The van der Waals surface area contributed by atoms with Crippen LogP contribution in [0.4, 0.5) is 4.79 Å². The highest BCUT2D eigenvalue weighted by Gasteiger charge is 2.37. The number of amides is 2. The van der Waals surface area contributed by atoms with Gasteiger partial charge in [0, 0.05) is 6.20 Å². The molecule has 1 atom stereocenters. The molecule has 0 saturated carbocycles. The second-order valence-corrected chi connectivity index (χ2v) is 5.43. The number of pyridine rings is 1. The van der Waals surface area contributed by atoms with Gasteiger partial charge in [-0.2, -0.15) is 0 Å². The lowest BCUT2D eigenvalue weighted by atomic mass is 10.1. The van der Waals surface area contributed by atoms with E-state index in [9.17, 15) is 14.7 Å². The molecule has 2 aromatic rings. The van der Waals surface area contributed by atoms with Gasteiger partial charge in [-0.05, 0) is 29.8 Å². The second-order valence-electron chi connectivity index (χ2n) is 5.43. The quantitative estimate of drug-likeness (QED) is 0.867. The number of hydrogen-bond donors (Lipinski definition) is 2. The molecule has 0 bridgehead atoms. The van der Waals surface area contributed by atoms with Gasteiger partial charge in [0.2, 0.25) is 5.91 Å². The van der Waals surface area contributed by atoms with Crippen LogP contribution in [0.1, 0.15) is 11.3 Å². The number of phenols is 1. The Balaban J connectivity index is 1.65. The van der Waals surface area contributed by atoms with Crippen LogP contribution in [0.15, 0.2) is 48.7 Å². The van der Waals surface area contributed by atoms with Gasteiger partial charge in [-0.3, -0.25) is 14.7 Å². The van der Waals surface area contributed by atoms with Gasteiger partial charge in [-0.25, -0.2) is 4.79 Å². The fourth-order valence-electron chi connectivity index (χ4n) is 2.49. The van der Waals surface area contributed by atoms with Crippen molar-refractivity contribution in [3.05, 3.63) is 59.9 Å². The van der Waals surface area contributed by atoms with E-state index < -0.39 is 12.1 Å². The van der Waals surface area contributed by atoms with Crippen molar-refractivity contribution in [2.75, 3.05) is 6.61 Å². The summed E-state index contributed by atoms with van der Waals surface area (Å²) in [6.45, 7) is 0.477. The van der Waals surface area contributed by atoms with Crippen LogP contribution < -0.4 is 5.32 Å². The maximum Gasteiger partial charge on any atom is 0.410 e. The lowest BCUT2D eigenvalue weighted by Gasteiger charge is -2.20. The van der Waals surface area contributed by atoms with E-state index in [-0.39, 0.29) is 31.4 Å². The first-order valence-corrected chi connectivity index (χ1v) is 7.52. The van der Waals surface area contributed by atoms with Crippen LogP contribution in [0.3, 0.4) is 0 Å². The molecule has 1 aromatic carbocycles. The number of carbonyl (C=O) groups is 2. The zero-order valence-corrected chi connectivity index (χ0v) is 12.9. The molecule has 1 fully saturated rings. The van der Waals surface area contributed by atoms with Gasteiger partial charge in [0.05, 0.1) is 18.8 Å². The Labute approximate surface area is 138 Å². The van der Waals surface area contributed by atoms with Gasteiger partial charge < -0.3 is 15.2 Å². The van der Waals surface area contributed by atoms with Crippen molar-refractivity contribution in [1.82, 2.24) is 15.2 Å². The van der Waals surface area contributed by atoms with Crippen LogP contribution in [0.2, 0.25) is 0 Å². The number of phenolic OH excluding ortho intramolecular Hbond substituents is 1. The SMILES string of the molecule is O=C(NCc1ccccn1)[C@@H]1COC(=O)N1Cc1cccc(O)c1. The molecule has 1 aliphatic rings. The van der Waals surface area contributed by atoms with Gasteiger partial charge in [0.25, 0.3) is 0 Å². The molecule has 2 N–H and O–H groups in total. The van der Waals surface area contributed by atoms with Crippen LogP contribution in [0.5, 0.6) is 5.75 Å². The number of ether oxygens (including phenoxy) is 1. The summed E-state index contributed by atoms with van der Waals surface area (Å²) in [5.41, 5.74) is 1.45. The Morgan fingerprint density at radius 1 is 1.33 bits per heavy atom. The fourth-order valence-corrected chi connectivity index (χ4v) is 2.49. The minimum atomic E-state index is -0.705. The molecule has 0 radical (unpaired) electrons. The minimum absolute atomic E-state index is 0.00566. The Bertz CT molecular complexity index is 736. The number of carbonyl (C=O) groups excluding carboxylic acids is 2. The van der Waals surface area contributed by atoms with Crippen molar-refractivity contribution in [1.29, 1.82) is 0 Å². The number of aromatic nitrogens is 1. The van der Waals surface area contributed by atoms with Gasteiger partial charge >= 0.3 is 6.09 Å². The average Bonchev–Trinajstić information content (AvgIpc) is 2.95.